The van der Waals surface area contributed by atoms with Gasteiger partial charge < -0.3 is 5.11 Å². The van der Waals surface area contributed by atoms with Gasteiger partial charge in [0.2, 0.25) is 0 Å². The highest BCUT2D eigenvalue weighted by atomic mass is 32.1. The molecule has 0 aliphatic carbocycles. The van der Waals surface area contributed by atoms with Gasteiger partial charge in [-0.1, -0.05) is 0 Å². The minimum atomic E-state index is 0.272. The summed E-state index contributed by atoms with van der Waals surface area (Å²) >= 11 is 5.35. The number of hydrogen-bond donors (Lipinski definition) is 2. The fraction of sp³-hybridized carbons (Fsp3) is 0. The molecule has 0 fully saturated rings. The molecule has 1 heterocycles. The van der Waals surface area contributed by atoms with Crippen LogP contribution in [0.15, 0.2) is 15.7 Å². The second-order valence-electron chi connectivity index (χ2n) is 1.14. The first kappa shape index (κ1) is 5.00. The molecule has 3 heteroatoms. The van der Waals surface area contributed by atoms with E-state index in [2.05, 4.69) is 12.6 Å². The van der Waals surface area contributed by atoms with Gasteiger partial charge in [-0.3, -0.25) is 0 Å². The maximum absolute atomic E-state index is 8.69. The van der Waals surface area contributed by atoms with Crippen LogP contribution in [0.1, 0.15) is 0 Å². The normalized spacial score (nSPS) is 9.29. The molecule has 0 radical (unpaired) electrons. The molecular formula is C4H4OS2. The van der Waals surface area contributed by atoms with Crippen LogP contribution in [0.2, 0.25) is 0 Å². The highest BCUT2D eigenvalue weighted by Crippen LogP contribution is 2.24. The van der Waals surface area contributed by atoms with Crippen molar-refractivity contribution in [2.45, 2.75) is 4.90 Å². The van der Waals surface area contributed by atoms with Gasteiger partial charge in [-0.15, -0.1) is 24.0 Å². The predicted molar refractivity (Wildman–Crippen MR) is 33.2 cm³/mol. The lowest BCUT2D eigenvalue weighted by molar-refractivity contribution is 0.466. The Kier molecular flexibility index (Phi) is 1.25. The fourth-order valence-electron chi connectivity index (χ4n) is 0.284. The lowest BCUT2D eigenvalue weighted by atomic mass is 10.6. The molecule has 0 aliphatic rings. The van der Waals surface area contributed by atoms with E-state index in [4.69, 9.17) is 5.11 Å². The van der Waals surface area contributed by atoms with Gasteiger partial charge in [-0.05, 0) is 0 Å². The summed E-state index contributed by atoms with van der Waals surface area (Å²) in [7, 11) is 0. The van der Waals surface area contributed by atoms with Gasteiger partial charge in [0.25, 0.3) is 0 Å². The highest BCUT2D eigenvalue weighted by Gasteiger charge is 1.91. The third-order valence-electron chi connectivity index (χ3n) is 0.622. The van der Waals surface area contributed by atoms with E-state index in [0.29, 0.717) is 4.90 Å². The Morgan fingerprint density at radius 1 is 1.57 bits per heavy atom. The molecule has 1 aromatic heterocycles. The van der Waals surface area contributed by atoms with Crippen molar-refractivity contribution in [1.82, 2.24) is 0 Å². The molecule has 0 aromatic carbocycles. The summed E-state index contributed by atoms with van der Waals surface area (Å²) in [4.78, 5) is 0.657. The Bertz CT molecular complexity index is 142. The molecule has 0 spiro atoms. The van der Waals surface area contributed by atoms with Crippen LogP contribution in [0.5, 0.6) is 5.75 Å². The van der Waals surface area contributed by atoms with Crippen LogP contribution < -0.4 is 0 Å². The summed E-state index contributed by atoms with van der Waals surface area (Å²) in [6.45, 7) is 0. The van der Waals surface area contributed by atoms with Crippen LogP contribution in [0.3, 0.4) is 0 Å². The predicted octanol–water partition coefficient (Wildman–Crippen LogP) is 1.74. The molecule has 1 aromatic rings. The SMILES string of the molecule is Oc1cscc1S. The molecular weight excluding hydrogens is 128 g/mol. The number of thiophene rings is 1. The molecule has 0 saturated heterocycles. The fourth-order valence-corrected chi connectivity index (χ4v) is 1.19. The maximum Gasteiger partial charge on any atom is 0.139 e. The first-order valence-corrected chi connectivity index (χ1v) is 3.14. The van der Waals surface area contributed by atoms with Gasteiger partial charge in [0.05, 0.1) is 4.90 Å². The van der Waals surface area contributed by atoms with Crippen molar-refractivity contribution in [2.75, 3.05) is 0 Å². The van der Waals surface area contributed by atoms with Crippen molar-refractivity contribution in [2.24, 2.45) is 0 Å². The van der Waals surface area contributed by atoms with Crippen molar-refractivity contribution in [3.05, 3.63) is 10.8 Å². The molecule has 0 atom stereocenters. The molecule has 7 heavy (non-hydrogen) atoms. The van der Waals surface area contributed by atoms with E-state index in [1.165, 1.54) is 11.3 Å². The Morgan fingerprint density at radius 3 is 2.43 bits per heavy atom. The van der Waals surface area contributed by atoms with Gasteiger partial charge in [-0.25, -0.2) is 0 Å². The van der Waals surface area contributed by atoms with E-state index < -0.39 is 0 Å². The van der Waals surface area contributed by atoms with Crippen LogP contribution in [0.4, 0.5) is 0 Å². The number of aromatic hydroxyl groups is 1. The molecule has 0 amide bonds. The Labute approximate surface area is 51.0 Å². The van der Waals surface area contributed by atoms with E-state index in [1.807, 2.05) is 0 Å². The second kappa shape index (κ2) is 1.76. The molecule has 0 bridgehead atoms. The van der Waals surface area contributed by atoms with Gasteiger partial charge in [0.1, 0.15) is 5.75 Å². The molecule has 1 nitrogen and oxygen atoms in total. The minimum Gasteiger partial charge on any atom is -0.506 e. The number of thiol groups is 1. The number of hydrogen-bond acceptors (Lipinski definition) is 3. The van der Waals surface area contributed by atoms with E-state index in [-0.39, 0.29) is 5.75 Å². The van der Waals surface area contributed by atoms with Crippen LogP contribution in [-0.2, 0) is 0 Å². The van der Waals surface area contributed by atoms with Crippen LogP contribution >= 0.6 is 24.0 Å². The summed E-state index contributed by atoms with van der Waals surface area (Å²) in [5, 5.41) is 12.1. The van der Waals surface area contributed by atoms with Crippen molar-refractivity contribution in [3.8, 4) is 5.75 Å². The standard InChI is InChI=1S/C4H4OS2/c5-3-1-7-2-4(3)6/h1-2,5-6H. The molecule has 0 unspecified atom stereocenters. The third kappa shape index (κ3) is 0.894. The molecule has 1 N–H and O–H groups in total. The monoisotopic (exact) mass is 132 g/mol. The van der Waals surface area contributed by atoms with Crippen LogP contribution in [0.25, 0.3) is 0 Å². The lowest BCUT2D eigenvalue weighted by Crippen LogP contribution is -1.50. The Balaban J connectivity index is 3.12. The van der Waals surface area contributed by atoms with Gasteiger partial charge in [0.15, 0.2) is 0 Å². The zero-order valence-corrected chi connectivity index (χ0v) is 5.17. The van der Waals surface area contributed by atoms with Crippen molar-refractivity contribution in [3.63, 3.8) is 0 Å². The van der Waals surface area contributed by atoms with Gasteiger partial charge >= 0.3 is 0 Å². The number of rotatable bonds is 0. The molecule has 0 aliphatic heterocycles. The largest absolute Gasteiger partial charge is 0.506 e. The van der Waals surface area contributed by atoms with Crippen molar-refractivity contribution < 1.29 is 5.11 Å². The quantitative estimate of drug-likeness (QED) is 0.515. The van der Waals surface area contributed by atoms with Crippen molar-refractivity contribution >= 4 is 24.0 Å². The first-order chi connectivity index (χ1) is 3.30. The maximum atomic E-state index is 8.69. The van der Waals surface area contributed by atoms with Gasteiger partial charge in [-0.2, -0.15) is 0 Å². The van der Waals surface area contributed by atoms with Crippen LogP contribution in [0, 0.1) is 0 Å². The summed E-state index contributed by atoms with van der Waals surface area (Å²) in [5.41, 5.74) is 0. The lowest BCUT2D eigenvalue weighted by Gasteiger charge is -1.78. The minimum absolute atomic E-state index is 0.272. The smallest absolute Gasteiger partial charge is 0.139 e. The van der Waals surface area contributed by atoms with Gasteiger partial charge in [0, 0.05) is 10.8 Å². The average molecular weight is 132 g/mol. The zero-order valence-electron chi connectivity index (χ0n) is 3.46. The molecule has 0 saturated carbocycles. The highest BCUT2D eigenvalue weighted by molar-refractivity contribution is 7.80. The van der Waals surface area contributed by atoms with Crippen molar-refractivity contribution in [1.29, 1.82) is 0 Å². The summed E-state index contributed by atoms with van der Waals surface area (Å²) in [5.74, 6) is 0.272. The molecule has 38 valence electrons. The van der Waals surface area contributed by atoms with Crippen LogP contribution in [-0.4, -0.2) is 5.11 Å². The van der Waals surface area contributed by atoms with E-state index >= 15 is 0 Å². The Hall–Kier alpha value is -0.150. The summed E-state index contributed by atoms with van der Waals surface area (Å²) in [6, 6.07) is 0. The second-order valence-corrected chi connectivity index (χ2v) is 2.37. The third-order valence-corrected chi connectivity index (χ3v) is 1.89. The zero-order chi connectivity index (χ0) is 5.28. The van der Waals surface area contributed by atoms with E-state index in [0.717, 1.165) is 0 Å². The first-order valence-electron chi connectivity index (χ1n) is 1.75. The summed E-state index contributed by atoms with van der Waals surface area (Å²) < 4.78 is 0. The molecule has 1 rings (SSSR count). The topological polar surface area (TPSA) is 20.2 Å². The average Bonchev–Trinajstić information content (AvgIpc) is 1.91. The summed E-state index contributed by atoms with van der Waals surface area (Å²) in [6.07, 6.45) is 0. The van der Waals surface area contributed by atoms with E-state index in [9.17, 15) is 0 Å². The Morgan fingerprint density at radius 2 is 2.29 bits per heavy atom. The van der Waals surface area contributed by atoms with E-state index in [1.54, 1.807) is 10.8 Å².